The maximum Gasteiger partial charge on any atom is 0.309 e. The first kappa shape index (κ1) is 16.0. The highest BCUT2D eigenvalue weighted by Crippen LogP contribution is 2.24. The molecule has 0 atom stereocenters. The van der Waals surface area contributed by atoms with Crippen molar-refractivity contribution in [2.75, 3.05) is 6.61 Å². The largest absolute Gasteiger partial charge is 0.494 e. The molecule has 1 N–H and O–H groups in total. The summed E-state index contributed by atoms with van der Waals surface area (Å²) in [5.41, 5.74) is 0.498. The van der Waals surface area contributed by atoms with E-state index in [-0.39, 0.29) is 0 Å². The number of unbranched alkanes of at least 4 members (excludes halogenated alkanes) is 1. The monoisotopic (exact) mass is 328 g/mol. The molecular weight excluding hydrogens is 308 g/mol. The number of aliphatic carboxylic acids is 1. The number of rotatable bonds is 7. The topological polar surface area (TPSA) is 46.5 Å². The van der Waals surface area contributed by atoms with Crippen molar-refractivity contribution < 1.29 is 14.6 Å². The minimum Gasteiger partial charge on any atom is -0.494 e. The summed E-state index contributed by atoms with van der Waals surface area (Å²) in [7, 11) is 0. The van der Waals surface area contributed by atoms with Crippen molar-refractivity contribution in [3.8, 4) is 5.75 Å². The molecule has 0 saturated heterocycles. The van der Waals surface area contributed by atoms with Crippen LogP contribution in [-0.4, -0.2) is 17.7 Å². The highest BCUT2D eigenvalue weighted by Gasteiger charge is 2.25. The Labute approximate surface area is 123 Å². The van der Waals surface area contributed by atoms with Crippen molar-refractivity contribution in [1.29, 1.82) is 0 Å². The number of benzene rings is 1. The molecule has 0 radical (unpaired) electrons. The molecule has 1 aromatic carbocycles. The van der Waals surface area contributed by atoms with Crippen LogP contribution >= 0.6 is 15.9 Å². The fraction of sp³-hybridized carbons (Fsp3) is 0.533. The van der Waals surface area contributed by atoms with Crippen LogP contribution in [0.25, 0.3) is 0 Å². The summed E-state index contributed by atoms with van der Waals surface area (Å²) in [5, 5.41) is 9.00. The van der Waals surface area contributed by atoms with Crippen molar-refractivity contribution >= 4 is 21.9 Å². The lowest BCUT2D eigenvalue weighted by Crippen LogP contribution is -2.23. The predicted octanol–water partition coefficient (Wildman–Crippen LogP) is 4.42. The van der Waals surface area contributed by atoms with Gasteiger partial charge in [0.05, 0.1) is 12.0 Å². The Morgan fingerprint density at radius 3 is 2.63 bits per heavy atom. The number of aryl methyl sites for hydroxylation is 1. The minimum atomic E-state index is -0.739. The van der Waals surface area contributed by atoms with Gasteiger partial charge in [-0.15, -0.1) is 0 Å². The number of carboxylic acid groups (broad SMARTS) is 1. The average molecular weight is 329 g/mol. The van der Waals surface area contributed by atoms with E-state index in [0.717, 1.165) is 28.6 Å². The second-order valence-electron chi connectivity index (χ2n) is 5.41. The molecule has 0 bridgehead atoms. The molecule has 0 aliphatic heterocycles. The smallest absolute Gasteiger partial charge is 0.309 e. The van der Waals surface area contributed by atoms with Crippen molar-refractivity contribution in [2.45, 2.75) is 40.0 Å². The summed E-state index contributed by atoms with van der Waals surface area (Å²) < 4.78 is 6.72. The van der Waals surface area contributed by atoms with E-state index in [0.29, 0.717) is 13.0 Å². The predicted molar refractivity (Wildman–Crippen MR) is 79.6 cm³/mol. The van der Waals surface area contributed by atoms with Crippen LogP contribution in [0.2, 0.25) is 0 Å². The highest BCUT2D eigenvalue weighted by molar-refractivity contribution is 9.10. The molecule has 19 heavy (non-hydrogen) atoms. The van der Waals surface area contributed by atoms with E-state index in [2.05, 4.69) is 15.9 Å². The Kier molecular flexibility index (Phi) is 5.85. The van der Waals surface area contributed by atoms with Crippen LogP contribution in [0.5, 0.6) is 5.75 Å². The number of hydrogen-bond acceptors (Lipinski definition) is 2. The minimum absolute atomic E-state index is 0.622. The lowest BCUT2D eigenvalue weighted by Gasteiger charge is -2.18. The van der Waals surface area contributed by atoms with Gasteiger partial charge in [0.2, 0.25) is 0 Å². The number of hydrogen-bond donors (Lipinski definition) is 1. The standard InChI is InChI=1S/C15H21BrO3/c1-11-10-12(6-7-13(11)16)19-9-5-4-8-15(2,3)14(17)18/h6-7,10H,4-5,8-9H2,1-3H3,(H,17,18). The number of halogens is 1. The second-order valence-corrected chi connectivity index (χ2v) is 6.26. The summed E-state index contributed by atoms with van der Waals surface area (Å²) in [5.74, 6) is 0.121. The Morgan fingerprint density at radius 1 is 1.37 bits per heavy atom. The van der Waals surface area contributed by atoms with Crippen molar-refractivity contribution in [2.24, 2.45) is 5.41 Å². The third kappa shape index (κ3) is 5.23. The van der Waals surface area contributed by atoms with E-state index in [1.165, 1.54) is 0 Å². The van der Waals surface area contributed by atoms with Gasteiger partial charge >= 0.3 is 5.97 Å². The molecule has 1 rings (SSSR count). The molecule has 0 amide bonds. The molecule has 4 heteroatoms. The fourth-order valence-corrected chi connectivity index (χ4v) is 1.92. The molecule has 3 nitrogen and oxygen atoms in total. The molecule has 0 saturated carbocycles. The van der Waals surface area contributed by atoms with Gasteiger partial charge in [-0.1, -0.05) is 15.9 Å². The molecular formula is C15H21BrO3. The molecule has 106 valence electrons. The van der Waals surface area contributed by atoms with E-state index in [1.54, 1.807) is 13.8 Å². The Hall–Kier alpha value is -1.03. The van der Waals surface area contributed by atoms with Crippen LogP contribution in [0.4, 0.5) is 0 Å². The van der Waals surface area contributed by atoms with Crippen molar-refractivity contribution in [3.63, 3.8) is 0 Å². The summed E-state index contributed by atoms with van der Waals surface area (Å²) >= 11 is 3.45. The van der Waals surface area contributed by atoms with Gasteiger partial charge in [-0.25, -0.2) is 0 Å². The van der Waals surface area contributed by atoms with E-state index in [9.17, 15) is 4.79 Å². The lowest BCUT2D eigenvalue weighted by atomic mass is 9.87. The summed E-state index contributed by atoms with van der Waals surface area (Å²) in [6.45, 7) is 6.16. The molecule has 0 fully saturated rings. The van der Waals surface area contributed by atoms with Crippen molar-refractivity contribution in [3.05, 3.63) is 28.2 Å². The zero-order valence-electron chi connectivity index (χ0n) is 11.7. The maximum absolute atomic E-state index is 10.9. The lowest BCUT2D eigenvalue weighted by molar-refractivity contribution is -0.147. The number of carboxylic acids is 1. The van der Waals surface area contributed by atoms with Gasteiger partial charge < -0.3 is 9.84 Å². The normalized spacial score (nSPS) is 11.4. The molecule has 0 heterocycles. The molecule has 0 aliphatic carbocycles. The summed E-state index contributed by atoms with van der Waals surface area (Å²) in [6.07, 6.45) is 2.39. The van der Waals surface area contributed by atoms with Crippen molar-refractivity contribution in [1.82, 2.24) is 0 Å². The van der Waals surface area contributed by atoms with Gasteiger partial charge in [-0.3, -0.25) is 4.79 Å². The highest BCUT2D eigenvalue weighted by atomic mass is 79.9. The zero-order chi connectivity index (χ0) is 14.5. The third-order valence-corrected chi connectivity index (χ3v) is 4.06. The molecule has 0 aromatic heterocycles. The van der Waals surface area contributed by atoms with E-state index in [1.807, 2.05) is 25.1 Å². The SMILES string of the molecule is Cc1cc(OCCCCC(C)(C)C(=O)O)ccc1Br. The molecule has 0 unspecified atom stereocenters. The van der Waals surface area contributed by atoms with Gasteiger partial charge in [-0.2, -0.15) is 0 Å². The Morgan fingerprint density at radius 2 is 2.05 bits per heavy atom. The van der Waals surface area contributed by atoms with Crippen LogP contribution in [0.15, 0.2) is 22.7 Å². The van der Waals surface area contributed by atoms with Crippen LogP contribution < -0.4 is 4.74 Å². The molecule has 0 spiro atoms. The number of ether oxygens (including phenoxy) is 1. The van der Waals surface area contributed by atoms with E-state index < -0.39 is 11.4 Å². The fourth-order valence-electron chi connectivity index (χ4n) is 1.67. The average Bonchev–Trinajstić information content (AvgIpc) is 2.33. The Balaban J connectivity index is 2.28. The summed E-state index contributed by atoms with van der Waals surface area (Å²) in [6, 6.07) is 5.89. The summed E-state index contributed by atoms with van der Waals surface area (Å²) in [4.78, 5) is 10.9. The molecule has 1 aromatic rings. The van der Waals surface area contributed by atoms with Crippen LogP contribution in [0, 0.1) is 12.3 Å². The zero-order valence-corrected chi connectivity index (χ0v) is 13.3. The molecule has 0 aliphatic rings. The number of carbonyl (C=O) groups is 1. The van der Waals surface area contributed by atoms with Gasteiger partial charge in [0.25, 0.3) is 0 Å². The van der Waals surface area contributed by atoms with Gasteiger partial charge in [0.1, 0.15) is 5.75 Å². The quantitative estimate of drug-likeness (QED) is 0.754. The van der Waals surface area contributed by atoms with E-state index in [4.69, 9.17) is 9.84 Å². The maximum atomic E-state index is 10.9. The van der Waals surface area contributed by atoms with E-state index >= 15 is 0 Å². The van der Waals surface area contributed by atoms with Crippen LogP contribution in [0.1, 0.15) is 38.7 Å². The first-order valence-corrected chi connectivity index (χ1v) is 7.24. The first-order valence-electron chi connectivity index (χ1n) is 6.45. The first-order chi connectivity index (χ1) is 8.83. The Bertz CT molecular complexity index is 441. The van der Waals surface area contributed by atoms with Gasteiger partial charge in [0, 0.05) is 4.47 Å². The van der Waals surface area contributed by atoms with Crippen LogP contribution in [-0.2, 0) is 4.79 Å². The van der Waals surface area contributed by atoms with Gasteiger partial charge in [0.15, 0.2) is 0 Å². The second kappa shape index (κ2) is 6.94. The van der Waals surface area contributed by atoms with Crippen LogP contribution in [0.3, 0.4) is 0 Å². The third-order valence-electron chi connectivity index (χ3n) is 3.17. The van der Waals surface area contributed by atoms with Gasteiger partial charge in [-0.05, 0) is 63.8 Å².